The lowest BCUT2D eigenvalue weighted by molar-refractivity contribution is -0.113. The Hall–Kier alpha value is -1.73. The van der Waals surface area contributed by atoms with Crippen molar-refractivity contribution in [1.29, 1.82) is 0 Å². The van der Waals surface area contributed by atoms with Crippen LogP contribution in [0.5, 0.6) is 11.5 Å². The number of nitrogens with zero attached hydrogens (tertiary/aromatic N) is 2. The Kier molecular flexibility index (Phi) is 6.09. The molecule has 3 rings (SSSR count). The van der Waals surface area contributed by atoms with E-state index in [2.05, 4.69) is 11.8 Å². The van der Waals surface area contributed by atoms with E-state index in [1.165, 1.54) is 29.5 Å². The van der Waals surface area contributed by atoms with Gasteiger partial charge in [0.1, 0.15) is 11.5 Å². The summed E-state index contributed by atoms with van der Waals surface area (Å²) in [6, 6.07) is 5.87. The van der Waals surface area contributed by atoms with Gasteiger partial charge < -0.3 is 14.4 Å². The Balaban J connectivity index is 1.91. The molecule has 26 heavy (non-hydrogen) atoms. The van der Waals surface area contributed by atoms with Crippen molar-refractivity contribution in [2.24, 2.45) is 0 Å². The molecule has 1 atom stereocenters. The maximum atomic E-state index is 13.1. The van der Waals surface area contributed by atoms with E-state index in [1.54, 1.807) is 32.4 Å². The third-order valence-corrected chi connectivity index (χ3v) is 6.14. The maximum absolute atomic E-state index is 13.1. The van der Waals surface area contributed by atoms with Crippen molar-refractivity contribution in [3.63, 3.8) is 0 Å². The van der Waals surface area contributed by atoms with Crippen LogP contribution in [0.2, 0.25) is 0 Å². The minimum Gasteiger partial charge on any atom is -0.497 e. The van der Waals surface area contributed by atoms with E-state index in [0.29, 0.717) is 32.5 Å². The molecule has 1 unspecified atom stereocenters. The molecule has 0 aliphatic carbocycles. The number of rotatable bonds is 5. The molecule has 7 heteroatoms. The Labute approximate surface area is 164 Å². The third kappa shape index (κ3) is 3.69. The molecule has 2 fully saturated rings. The fourth-order valence-electron chi connectivity index (χ4n) is 3.42. The number of hydrogen-bond donors (Lipinski definition) is 0. The molecule has 5 nitrogen and oxygen atoms in total. The first-order chi connectivity index (χ1) is 12.6. The number of amides is 1. The van der Waals surface area contributed by atoms with Gasteiger partial charge in [-0.3, -0.25) is 9.69 Å². The van der Waals surface area contributed by atoms with Crippen LogP contribution < -0.4 is 14.4 Å². The number of likely N-dealkylation sites (tertiary alicyclic amines) is 1. The van der Waals surface area contributed by atoms with E-state index in [9.17, 15) is 4.79 Å². The van der Waals surface area contributed by atoms with Gasteiger partial charge in [-0.1, -0.05) is 30.9 Å². The Morgan fingerprint density at radius 2 is 2.12 bits per heavy atom. The first-order valence-corrected chi connectivity index (χ1v) is 10.1. The SMILES string of the molecule is CCC1CCCCN1/C=C1/SC(=S)N(c2cc(OC)ccc2OC)C1=O. The summed E-state index contributed by atoms with van der Waals surface area (Å²) in [6.45, 7) is 3.19. The highest BCUT2D eigenvalue weighted by Crippen LogP contribution is 2.41. The quantitative estimate of drug-likeness (QED) is 0.553. The molecule has 1 aromatic carbocycles. The molecule has 0 bridgehead atoms. The summed E-state index contributed by atoms with van der Waals surface area (Å²) in [4.78, 5) is 17.6. The largest absolute Gasteiger partial charge is 0.497 e. The van der Waals surface area contributed by atoms with E-state index < -0.39 is 0 Å². The van der Waals surface area contributed by atoms with Gasteiger partial charge in [-0.2, -0.15) is 0 Å². The monoisotopic (exact) mass is 392 g/mol. The van der Waals surface area contributed by atoms with E-state index in [-0.39, 0.29) is 5.91 Å². The third-order valence-electron chi connectivity index (χ3n) is 4.85. The molecule has 2 aliphatic heterocycles. The van der Waals surface area contributed by atoms with Crippen LogP contribution in [0.1, 0.15) is 32.6 Å². The summed E-state index contributed by atoms with van der Waals surface area (Å²) in [5.74, 6) is 1.14. The topological polar surface area (TPSA) is 42.0 Å². The number of ether oxygens (including phenoxy) is 2. The molecule has 1 aromatic rings. The van der Waals surface area contributed by atoms with Crippen LogP contribution in [0.25, 0.3) is 0 Å². The molecule has 1 amide bonds. The van der Waals surface area contributed by atoms with Gasteiger partial charge in [0.25, 0.3) is 5.91 Å². The Bertz CT molecular complexity index is 735. The number of piperidine rings is 1. The van der Waals surface area contributed by atoms with Crippen LogP contribution in [-0.2, 0) is 4.79 Å². The minimum atomic E-state index is -0.105. The number of benzene rings is 1. The number of hydrogen-bond acceptors (Lipinski definition) is 6. The van der Waals surface area contributed by atoms with Crippen LogP contribution in [0.15, 0.2) is 29.3 Å². The molecule has 0 N–H and O–H groups in total. The Morgan fingerprint density at radius 1 is 1.31 bits per heavy atom. The second-order valence-corrected chi connectivity index (χ2v) is 8.01. The fraction of sp³-hybridized carbons (Fsp3) is 0.474. The van der Waals surface area contributed by atoms with Gasteiger partial charge in [0.05, 0.1) is 24.8 Å². The van der Waals surface area contributed by atoms with Crippen molar-refractivity contribution >= 4 is 39.9 Å². The van der Waals surface area contributed by atoms with Gasteiger partial charge in [0, 0.05) is 24.9 Å². The highest BCUT2D eigenvalue weighted by molar-refractivity contribution is 8.27. The van der Waals surface area contributed by atoms with Crippen molar-refractivity contribution in [1.82, 2.24) is 4.90 Å². The molecule has 140 valence electrons. The van der Waals surface area contributed by atoms with E-state index in [1.807, 2.05) is 6.20 Å². The molecule has 0 spiro atoms. The lowest BCUT2D eigenvalue weighted by Gasteiger charge is -2.34. The highest BCUT2D eigenvalue weighted by Gasteiger charge is 2.36. The number of methoxy groups -OCH3 is 2. The number of thiocarbonyl (C=S) groups is 1. The first-order valence-electron chi connectivity index (χ1n) is 8.84. The lowest BCUT2D eigenvalue weighted by atomic mass is 10.0. The lowest BCUT2D eigenvalue weighted by Crippen LogP contribution is -2.35. The number of thioether (sulfide) groups is 1. The summed E-state index contributed by atoms with van der Waals surface area (Å²) >= 11 is 6.85. The van der Waals surface area contributed by atoms with Gasteiger partial charge in [0.2, 0.25) is 0 Å². The zero-order valence-electron chi connectivity index (χ0n) is 15.4. The summed E-state index contributed by atoms with van der Waals surface area (Å²) in [7, 11) is 3.18. The normalized spacial score (nSPS) is 22.3. The van der Waals surface area contributed by atoms with E-state index >= 15 is 0 Å². The standard InChI is InChI=1S/C19H24N2O3S2/c1-4-13-7-5-6-10-20(13)12-17-18(22)21(19(25)26-17)15-11-14(23-2)8-9-16(15)24-3/h8-9,11-13H,4-7,10H2,1-3H3/b17-12+. The van der Waals surface area contributed by atoms with Gasteiger partial charge in [0.15, 0.2) is 4.32 Å². The van der Waals surface area contributed by atoms with Crippen molar-refractivity contribution < 1.29 is 14.3 Å². The molecule has 0 aromatic heterocycles. The summed E-state index contributed by atoms with van der Waals surface area (Å²) < 4.78 is 11.2. The molecule has 0 saturated carbocycles. The second-order valence-electron chi connectivity index (χ2n) is 6.34. The smallest absolute Gasteiger partial charge is 0.272 e. The van der Waals surface area contributed by atoms with Crippen LogP contribution in [0.4, 0.5) is 5.69 Å². The predicted molar refractivity (Wildman–Crippen MR) is 110 cm³/mol. The van der Waals surface area contributed by atoms with Crippen LogP contribution in [0, 0.1) is 0 Å². The van der Waals surface area contributed by atoms with Gasteiger partial charge in [-0.15, -0.1) is 0 Å². The van der Waals surface area contributed by atoms with Crippen molar-refractivity contribution in [2.45, 2.75) is 38.6 Å². The number of carbonyl (C=O) groups is 1. The predicted octanol–water partition coefficient (Wildman–Crippen LogP) is 4.17. The van der Waals surface area contributed by atoms with Gasteiger partial charge >= 0.3 is 0 Å². The molecule has 0 radical (unpaired) electrons. The van der Waals surface area contributed by atoms with Crippen molar-refractivity contribution in [3.05, 3.63) is 29.3 Å². The number of carbonyl (C=O) groups excluding carboxylic acids is 1. The summed E-state index contributed by atoms with van der Waals surface area (Å²) in [6.07, 6.45) is 6.68. The van der Waals surface area contributed by atoms with Crippen molar-refractivity contribution in [2.75, 3.05) is 25.7 Å². The van der Waals surface area contributed by atoms with Crippen LogP contribution in [0.3, 0.4) is 0 Å². The van der Waals surface area contributed by atoms with E-state index in [0.717, 1.165) is 19.4 Å². The van der Waals surface area contributed by atoms with Gasteiger partial charge in [-0.05, 0) is 37.8 Å². The van der Waals surface area contributed by atoms with Gasteiger partial charge in [-0.25, -0.2) is 0 Å². The molecule has 2 saturated heterocycles. The minimum absolute atomic E-state index is 0.105. The van der Waals surface area contributed by atoms with Crippen molar-refractivity contribution in [3.8, 4) is 11.5 Å². The summed E-state index contributed by atoms with van der Waals surface area (Å²) in [5, 5.41) is 0. The van der Waals surface area contributed by atoms with E-state index in [4.69, 9.17) is 21.7 Å². The first kappa shape index (κ1) is 19.0. The zero-order valence-corrected chi connectivity index (χ0v) is 17.0. The maximum Gasteiger partial charge on any atom is 0.272 e. The number of anilines is 1. The van der Waals surface area contributed by atoms with Crippen LogP contribution >= 0.6 is 24.0 Å². The molecule has 2 aliphatic rings. The molecular weight excluding hydrogens is 368 g/mol. The van der Waals surface area contributed by atoms with Crippen LogP contribution in [-0.4, -0.2) is 41.9 Å². The average Bonchev–Trinajstić information content (AvgIpc) is 2.94. The Morgan fingerprint density at radius 3 is 2.81 bits per heavy atom. The molecule has 2 heterocycles. The summed E-state index contributed by atoms with van der Waals surface area (Å²) in [5.41, 5.74) is 0.614. The second kappa shape index (κ2) is 8.31. The molecular formula is C19H24N2O3S2. The average molecular weight is 393 g/mol. The zero-order chi connectivity index (χ0) is 18.7. The fourth-order valence-corrected chi connectivity index (χ4v) is 4.70. The highest BCUT2D eigenvalue weighted by atomic mass is 32.2.